The van der Waals surface area contributed by atoms with Crippen molar-refractivity contribution < 1.29 is 4.74 Å². The van der Waals surface area contributed by atoms with Crippen LogP contribution in [-0.4, -0.2) is 50.3 Å². The van der Waals surface area contributed by atoms with Gasteiger partial charge in [0.2, 0.25) is 0 Å². The fourth-order valence-corrected chi connectivity index (χ4v) is 2.92. The monoisotopic (exact) mass is 240 g/mol. The number of hydrogen-bond acceptors (Lipinski definition) is 3. The molecule has 1 aliphatic heterocycles. The maximum absolute atomic E-state index is 5.66. The first-order valence-electron chi connectivity index (χ1n) is 7.32. The first-order valence-corrected chi connectivity index (χ1v) is 7.32. The molecule has 2 rings (SSSR count). The molecule has 0 radical (unpaired) electrons. The lowest BCUT2D eigenvalue weighted by atomic mass is 9.89. The molecule has 3 nitrogen and oxygen atoms in total. The van der Waals surface area contributed by atoms with E-state index < -0.39 is 0 Å². The van der Waals surface area contributed by atoms with Gasteiger partial charge >= 0.3 is 0 Å². The summed E-state index contributed by atoms with van der Waals surface area (Å²) in [7, 11) is 2.29. The van der Waals surface area contributed by atoms with E-state index >= 15 is 0 Å². The average Bonchev–Trinajstić information content (AvgIpc) is 2.25. The molecule has 0 aromatic heterocycles. The lowest BCUT2D eigenvalue weighted by Gasteiger charge is -2.40. The van der Waals surface area contributed by atoms with Gasteiger partial charge in [0.05, 0.1) is 6.61 Å². The second-order valence-corrected chi connectivity index (χ2v) is 5.71. The largest absolute Gasteiger partial charge is 0.381 e. The van der Waals surface area contributed by atoms with Crippen molar-refractivity contribution in [2.24, 2.45) is 5.92 Å². The summed E-state index contributed by atoms with van der Waals surface area (Å²) < 4.78 is 5.66. The smallest absolute Gasteiger partial charge is 0.0521 e. The molecule has 1 aliphatic carbocycles. The first-order chi connectivity index (χ1) is 8.31. The molecule has 1 saturated heterocycles. The molecule has 0 amide bonds. The zero-order chi connectivity index (χ0) is 12.1. The van der Waals surface area contributed by atoms with Gasteiger partial charge in [-0.25, -0.2) is 0 Å². The topological polar surface area (TPSA) is 24.5 Å². The molecular weight excluding hydrogens is 212 g/mol. The zero-order valence-corrected chi connectivity index (χ0v) is 11.5. The first kappa shape index (κ1) is 13.3. The minimum atomic E-state index is 0.672. The number of hydrogen-bond donors (Lipinski definition) is 1. The summed E-state index contributed by atoms with van der Waals surface area (Å²) in [5, 5.41) is 3.70. The number of nitrogens with one attached hydrogen (secondary N) is 1. The molecule has 0 spiro atoms. The van der Waals surface area contributed by atoms with Gasteiger partial charge in [0.1, 0.15) is 0 Å². The molecular formula is C14H28N2O. The normalized spacial score (nSPS) is 30.5. The Kier molecular flexibility index (Phi) is 5.26. The quantitative estimate of drug-likeness (QED) is 0.767. The van der Waals surface area contributed by atoms with Crippen molar-refractivity contribution in [2.45, 2.75) is 51.1 Å². The van der Waals surface area contributed by atoms with Gasteiger partial charge in [-0.15, -0.1) is 0 Å². The van der Waals surface area contributed by atoms with E-state index in [1.54, 1.807) is 0 Å². The van der Waals surface area contributed by atoms with Gasteiger partial charge in [0.25, 0.3) is 0 Å². The van der Waals surface area contributed by atoms with Crippen molar-refractivity contribution >= 4 is 0 Å². The van der Waals surface area contributed by atoms with Gasteiger partial charge < -0.3 is 15.0 Å². The second-order valence-electron chi connectivity index (χ2n) is 5.71. The van der Waals surface area contributed by atoms with Gasteiger partial charge in [-0.2, -0.15) is 0 Å². The zero-order valence-electron chi connectivity index (χ0n) is 11.5. The summed E-state index contributed by atoms with van der Waals surface area (Å²) >= 11 is 0. The van der Waals surface area contributed by atoms with Crippen LogP contribution in [0.5, 0.6) is 0 Å². The minimum Gasteiger partial charge on any atom is -0.381 e. The van der Waals surface area contributed by atoms with Gasteiger partial charge in [-0.05, 0) is 39.3 Å². The Balaban J connectivity index is 1.78. The maximum atomic E-state index is 5.66. The molecule has 17 heavy (non-hydrogen) atoms. The molecule has 1 heterocycles. The highest BCUT2D eigenvalue weighted by Gasteiger charge is 2.29. The third-order valence-corrected chi connectivity index (χ3v) is 4.35. The van der Waals surface area contributed by atoms with Gasteiger partial charge in [-0.1, -0.05) is 13.3 Å². The van der Waals surface area contributed by atoms with E-state index in [4.69, 9.17) is 4.74 Å². The molecule has 1 saturated carbocycles. The van der Waals surface area contributed by atoms with Crippen LogP contribution in [0.3, 0.4) is 0 Å². The molecule has 0 aromatic carbocycles. The number of rotatable bonds is 6. The highest BCUT2D eigenvalue weighted by molar-refractivity contribution is 4.85. The van der Waals surface area contributed by atoms with Crippen molar-refractivity contribution in [3.05, 3.63) is 0 Å². The van der Waals surface area contributed by atoms with Crippen molar-refractivity contribution in [3.8, 4) is 0 Å². The summed E-state index contributed by atoms with van der Waals surface area (Å²) in [6.45, 7) is 6.46. The van der Waals surface area contributed by atoms with Crippen molar-refractivity contribution in [2.75, 3.05) is 33.4 Å². The lowest BCUT2D eigenvalue weighted by Crippen LogP contribution is -2.50. The highest BCUT2D eigenvalue weighted by atomic mass is 16.5. The fraction of sp³-hybridized carbons (Fsp3) is 1.00. The molecule has 0 aromatic rings. The predicted octanol–water partition coefficient (Wildman–Crippen LogP) is 1.88. The molecule has 2 fully saturated rings. The van der Waals surface area contributed by atoms with Crippen LogP contribution >= 0.6 is 0 Å². The minimum absolute atomic E-state index is 0.672. The summed E-state index contributed by atoms with van der Waals surface area (Å²) in [5.41, 5.74) is 0. The van der Waals surface area contributed by atoms with E-state index in [2.05, 4.69) is 24.2 Å². The van der Waals surface area contributed by atoms with Crippen LogP contribution in [0, 0.1) is 5.92 Å². The van der Waals surface area contributed by atoms with Crippen LogP contribution in [0.2, 0.25) is 0 Å². The van der Waals surface area contributed by atoms with Crippen molar-refractivity contribution in [1.29, 1.82) is 0 Å². The SMILES string of the molecule is CCCNC1CCOCC1CN(C)C1CCC1. The van der Waals surface area contributed by atoms with E-state index in [-0.39, 0.29) is 0 Å². The van der Waals surface area contributed by atoms with Gasteiger partial charge in [0.15, 0.2) is 0 Å². The van der Waals surface area contributed by atoms with Crippen LogP contribution in [-0.2, 0) is 4.74 Å². The Morgan fingerprint density at radius 2 is 2.12 bits per heavy atom. The summed E-state index contributed by atoms with van der Waals surface area (Å²) in [6.07, 6.45) is 6.63. The lowest BCUT2D eigenvalue weighted by molar-refractivity contribution is 0.00870. The number of nitrogens with zero attached hydrogens (tertiary/aromatic N) is 1. The predicted molar refractivity (Wildman–Crippen MR) is 71.3 cm³/mol. The third kappa shape index (κ3) is 3.67. The van der Waals surface area contributed by atoms with E-state index in [1.807, 2.05) is 0 Å². The van der Waals surface area contributed by atoms with E-state index in [9.17, 15) is 0 Å². The van der Waals surface area contributed by atoms with E-state index in [1.165, 1.54) is 38.6 Å². The van der Waals surface area contributed by atoms with Crippen LogP contribution in [0.4, 0.5) is 0 Å². The Bertz CT molecular complexity index is 218. The van der Waals surface area contributed by atoms with Crippen LogP contribution in [0.25, 0.3) is 0 Å². The highest BCUT2D eigenvalue weighted by Crippen LogP contribution is 2.25. The molecule has 0 bridgehead atoms. The molecule has 3 heteroatoms. The van der Waals surface area contributed by atoms with Gasteiger partial charge in [-0.3, -0.25) is 0 Å². The summed E-state index contributed by atoms with van der Waals surface area (Å²) in [5.74, 6) is 0.681. The fourth-order valence-electron chi connectivity index (χ4n) is 2.92. The maximum Gasteiger partial charge on any atom is 0.0521 e. The molecule has 2 atom stereocenters. The Hall–Kier alpha value is -0.120. The molecule has 2 unspecified atom stereocenters. The van der Waals surface area contributed by atoms with Crippen LogP contribution < -0.4 is 5.32 Å². The summed E-state index contributed by atoms with van der Waals surface area (Å²) in [4.78, 5) is 2.56. The van der Waals surface area contributed by atoms with Crippen molar-refractivity contribution in [3.63, 3.8) is 0 Å². The Morgan fingerprint density at radius 3 is 2.76 bits per heavy atom. The molecule has 100 valence electrons. The van der Waals surface area contributed by atoms with Crippen molar-refractivity contribution in [1.82, 2.24) is 10.2 Å². The Labute approximate surface area is 106 Å². The average molecular weight is 240 g/mol. The third-order valence-electron chi connectivity index (χ3n) is 4.35. The van der Waals surface area contributed by atoms with Crippen LogP contribution in [0.1, 0.15) is 39.0 Å². The van der Waals surface area contributed by atoms with E-state index in [0.29, 0.717) is 12.0 Å². The van der Waals surface area contributed by atoms with Crippen LogP contribution in [0.15, 0.2) is 0 Å². The summed E-state index contributed by atoms with van der Waals surface area (Å²) in [6, 6.07) is 1.52. The molecule has 2 aliphatic rings. The second kappa shape index (κ2) is 6.72. The number of ether oxygens (including phenoxy) is 1. The molecule has 1 N–H and O–H groups in total. The Morgan fingerprint density at radius 1 is 1.29 bits per heavy atom. The van der Waals surface area contributed by atoms with E-state index in [0.717, 1.165) is 25.8 Å². The standard InChI is InChI=1S/C14H28N2O/c1-3-8-15-14-7-9-17-11-12(14)10-16(2)13-5-4-6-13/h12-15H,3-11H2,1-2H3. The van der Waals surface area contributed by atoms with Gasteiger partial charge in [0, 0.05) is 31.2 Å².